The third-order valence-electron chi connectivity index (χ3n) is 5.37. The predicted molar refractivity (Wildman–Crippen MR) is 81.1 cm³/mol. The van der Waals surface area contributed by atoms with Gasteiger partial charge in [0.2, 0.25) is 11.8 Å². The second-order valence-electron chi connectivity index (χ2n) is 6.59. The fourth-order valence-corrected chi connectivity index (χ4v) is 4.36. The normalized spacial score (nSPS) is 32.4. The van der Waals surface area contributed by atoms with Crippen LogP contribution in [0, 0.1) is 23.7 Å². The molecule has 0 unspecified atom stereocenters. The lowest BCUT2D eigenvalue weighted by atomic mass is 9.85. The molecule has 1 saturated heterocycles. The molecule has 0 radical (unpaired) electrons. The van der Waals surface area contributed by atoms with Gasteiger partial charge < -0.3 is 5.11 Å². The maximum atomic E-state index is 12.7. The molecule has 1 N–H and O–H groups in total. The van der Waals surface area contributed by atoms with Crippen molar-refractivity contribution in [3.63, 3.8) is 0 Å². The van der Waals surface area contributed by atoms with Crippen molar-refractivity contribution >= 4 is 17.8 Å². The Balaban J connectivity index is 1.64. The minimum atomic E-state index is -1.13. The summed E-state index contributed by atoms with van der Waals surface area (Å²) in [4.78, 5) is 38.2. The number of carbonyl (C=O) groups is 3. The van der Waals surface area contributed by atoms with E-state index in [1.54, 1.807) is 0 Å². The van der Waals surface area contributed by atoms with Gasteiger partial charge in [0.25, 0.3) is 0 Å². The fourth-order valence-electron chi connectivity index (χ4n) is 4.36. The van der Waals surface area contributed by atoms with Crippen LogP contribution in [-0.4, -0.2) is 33.8 Å². The SMILES string of the molecule is O=C(O)[C@H](Cc1ccccc1)N1C(=O)[C@@H]2[C@H](C1=O)[C@@H]1C=C[C@H]2C1. The van der Waals surface area contributed by atoms with E-state index in [1.807, 2.05) is 42.5 Å². The first-order chi connectivity index (χ1) is 11.1. The lowest BCUT2D eigenvalue weighted by Crippen LogP contribution is -2.47. The monoisotopic (exact) mass is 311 g/mol. The number of aliphatic carboxylic acids is 1. The zero-order chi connectivity index (χ0) is 16.1. The zero-order valence-corrected chi connectivity index (χ0v) is 12.5. The molecule has 3 aliphatic rings. The average molecular weight is 311 g/mol. The van der Waals surface area contributed by atoms with Crippen LogP contribution in [0.4, 0.5) is 0 Å². The smallest absolute Gasteiger partial charge is 0.327 e. The van der Waals surface area contributed by atoms with Crippen molar-refractivity contribution < 1.29 is 19.5 Å². The molecule has 0 aromatic heterocycles. The van der Waals surface area contributed by atoms with E-state index in [0.717, 1.165) is 16.9 Å². The van der Waals surface area contributed by atoms with E-state index in [2.05, 4.69) is 0 Å². The number of allylic oxidation sites excluding steroid dienone is 2. The molecule has 118 valence electrons. The number of hydrogen-bond acceptors (Lipinski definition) is 3. The molecule has 1 aromatic carbocycles. The summed E-state index contributed by atoms with van der Waals surface area (Å²) in [5, 5.41) is 9.58. The van der Waals surface area contributed by atoms with Crippen LogP contribution in [0.5, 0.6) is 0 Å². The number of imide groups is 1. The van der Waals surface area contributed by atoms with Gasteiger partial charge in [-0.1, -0.05) is 42.5 Å². The number of rotatable bonds is 4. The van der Waals surface area contributed by atoms with Crippen LogP contribution in [-0.2, 0) is 20.8 Å². The third-order valence-corrected chi connectivity index (χ3v) is 5.37. The quantitative estimate of drug-likeness (QED) is 0.675. The largest absolute Gasteiger partial charge is 0.480 e. The first-order valence-corrected chi connectivity index (χ1v) is 7.90. The van der Waals surface area contributed by atoms with Crippen LogP contribution in [0.2, 0.25) is 0 Å². The number of benzene rings is 1. The number of carbonyl (C=O) groups excluding carboxylic acids is 2. The molecule has 5 heteroatoms. The molecule has 23 heavy (non-hydrogen) atoms. The van der Waals surface area contributed by atoms with Crippen LogP contribution < -0.4 is 0 Å². The average Bonchev–Trinajstić information content (AvgIpc) is 3.21. The maximum absolute atomic E-state index is 12.7. The summed E-state index contributed by atoms with van der Waals surface area (Å²) in [7, 11) is 0. The Kier molecular flexibility index (Phi) is 3.11. The molecule has 2 bridgehead atoms. The van der Waals surface area contributed by atoms with Crippen LogP contribution in [0.3, 0.4) is 0 Å². The van der Waals surface area contributed by atoms with Gasteiger partial charge in [0.05, 0.1) is 11.8 Å². The highest BCUT2D eigenvalue weighted by molar-refractivity contribution is 6.08. The summed E-state index contributed by atoms with van der Waals surface area (Å²) in [6.07, 6.45) is 5.01. The van der Waals surface area contributed by atoms with Gasteiger partial charge in [-0.2, -0.15) is 0 Å². The summed E-state index contributed by atoms with van der Waals surface area (Å²) in [6, 6.07) is 7.99. The van der Waals surface area contributed by atoms with Crippen LogP contribution in [0.15, 0.2) is 42.5 Å². The Labute approximate surface area is 133 Å². The maximum Gasteiger partial charge on any atom is 0.327 e. The minimum absolute atomic E-state index is 0.0950. The van der Waals surface area contributed by atoms with Gasteiger partial charge >= 0.3 is 5.97 Å². The number of fused-ring (bicyclic) bond motifs is 5. The molecule has 1 aliphatic heterocycles. The van der Waals surface area contributed by atoms with Crippen LogP contribution in [0.1, 0.15) is 12.0 Å². The summed E-state index contributed by atoms with van der Waals surface area (Å²) in [6.45, 7) is 0. The molecule has 2 aliphatic carbocycles. The lowest BCUT2D eigenvalue weighted by molar-refractivity contribution is -0.155. The van der Waals surface area contributed by atoms with Gasteiger partial charge in [0, 0.05) is 6.42 Å². The van der Waals surface area contributed by atoms with Crippen molar-refractivity contribution in [1.82, 2.24) is 4.90 Å². The second-order valence-corrected chi connectivity index (χ2v) is 6.59. The zero-order valence-electron chi connectivity index (χ0n) is 12.5. The highest BCUT2D eigenvalue weighted by Gasteiger charge is 2.61. The van der Waals surface area contributed by atoms with E-state index >= 15 is 0 Å². The Hall–Kier alpha value is -2.43. The Morgan fingerprint density at radius 2 is 1.65 bits per heavy atom. The van der Waals surface area contributed by atoms with Crippen LogP contribution in [0.25, 0.3) is 0 Å². The van der Waals surface area contributed by atoms with Gasteiger partial charge in [-0.15, -0.1) is 0 Å². The highest BCUT2D eigenvalue weighted by Crippen LogP contribution is 2.52. The molecule has 1 aromatic rings. The summed E-state index contributed by atoms with van der Waals surface area (Å²) in [5.41, 5.74) is 0.804. The number of hydrogen-bond donors (Lipinski definition) is 1. The number of likely N-dealkylation sites (tertiary alicyclic amines) is 1. The van der Waals surface area contributed by atoms with Gasteiger partial charge in [-0.05, 0) is 23.8 Å². The van der Waals surface area contributed by atoms with E-state index in [-0.39, 0.29) is 41.9 Å². The molecule has 1 heterocycles. The first-order valence-electron chi connectivity index (χ1n) is 7.90. The van der Waals surface area contributed by atoms with Gasteiger partial charge in [0.1, 0.15) is 6.04 Å². The Bertz CT molecular complexity index is 681. The van der Waals surface area contributed by atoms with Crippen molar-refractivity contribution in [3.05, 3.63) is 48.0 Å². The van der Waals surface area contributed by atoms with Crippen molar-refractivity contribution in [3.8, 4) is 0 Å². The number of carboxylic acid groups (broad SMARTS) is 1. The van der Waals surface area contributed by atoms with Crippen molar-refractivity contribution in [2.75, 3.05) is 0 Å². The third kappa shape index (κ3) is 2.03. The van der Waals surface area contributed by atoms with E-state index in [4.69, 9.17) is 0 Å². The summed E-state index contributed by atoms with van der Waals surface area (Å²) in [5.74, 6) is -2.25. The molecule has 4 rings (SSSR count). The summed E-state index contributed by atoms with van der Waals surface area (Å²) < 4.78 is 0. The van der Waals surface area contributed by atoms with E-state index in [9.17, 15) is 19.5 Å². The predicted octanol–water partition coefficient (Wildman–Crippen LogP) is 1.49. The Morgan fingerprint density at radius 3 is 2.17 bits per heavy atom. The topological polar surface area (TPSA) is 74.7 Å². The molecule has 2 fully saturated rings. The van der Waals surface area contributed by atoms with Gasteiger partial charge in [-0.3, -0.25) is 14.5 Å². The van der Waals surface area contributed by atoms with E-state index < -0.39 is 12.0 Å². The number of nitrogens with zero attached hydrogens (tertiary/aromatic N) is 1. The molecule has 5 nitrogen and oxygen atoms in total. The van der Waals surface area contributed by atoms with Gasteiger partial charge in [0.15, 0.2) is 0 Å². The fraction of sp³-hybridized carbons (Fsp3) is 0.389. The van der Waals surface area contributed by atoms with Crippen LogP contribution >= 0.6 is 0 Å². The standard InChI is InChI=1S/C18H17NO4/c20-16-14-11-6-7-12(9-11)15(14)17(21)19(16)13(18(22)23)8-10-4-2-1-3-5-10/h1-7,11-15H,8-9H2,(H,22,23)/t11-,12+,13-,14-,15+/m0/s1. The lowest BCUT2D eigenvalue weighted by Gasteiger charge is -2.24. The van der Waals surface area contributed by atoms with Crippen molar-refractivity contribution in [2.45, 2.75) is 18.9 Å². The Morgan fingerprint density at radius 1 is 1.09 bits per heavy atom. The molecule has 1 saturated carbocycles. The van der Waals surface area contributed by atoms with Crippen molar-refractivity contribution in [1.29, 1.82) is 0 Å². The minimum Gasteiger partial charge on any atom is -0.480 e. The second kappa shape index (κ2) is 5.05. The molecular formula is C18H17NO4. The van der Waals surface area contributed by atoms with E-state index in [1.165, 1.54) is 0 Å². The highest BCUT2D eigenvalue weighted by atomic mass is 16.4. The van der Waals surface area contributed by atoms with E-state index in [0.29, 0.717) is 0 Å². The molecule has 5 atom stereocenters. The van der Waals surface area contributed by atoms with Crippen molar-refractivity contribution in [2.24, 2.45) is 23.7 Å². The first kappa shape index (κ1) is 14.2. The van der Waals surface area contributed by atoms with Gasteiger partial charge in [-0.25, -0.2) is 4.79 Å². The molecular weight excluding hydrogens is 294 g/mol. The number of carboxylic acids is 1. The molecule has 2 amide bonds. The summed E-state index contributed by atoms with van der Waals surface area (Å²) >= 11 is 0. The molecule has 0 spiro atoms. The number of amides is 2.